The number of rotatable bonds is 8. The predicted molar refractivity (Wildman–Crippen MR) is 133 cm³/mol. The van der Waals surface area contributed by atoms with Gasteiger partial charge in [0.1, 0.15) is 11.4 Å². The Morgan fingerprint density at radius 2 is 1.74 bits per heavy atom. The third-order valence-corrected chi connectivity index (χ3v) is 5.07. The fraction of sp³-hybridized carbons (Fsp3) is 0.407. The lowest BCUT2D eigenvalue weighted by atomic mass is 9.95. The Morgan fingerprint density at radius 1 is 1.03 bits per heavy atom. The normalized spacial score (nSPS) is 12.4. The molecule has 0 aliphatic heterocycles. The molecule has 0 aliphatic carbocycles. The van der Waals surface area contributed by atoms with Crippen LogP contribution in [0.4, 0.5) is 4.79 Å². The molecule has 3 rings (SSSR count). The minimum Gasteiger partial charge on any atom is -0.493 e. The van der Waals surface area contributed by atoms with E-state index in [9.17, 15) is 4.79 Å². The van der Waals surface area contributed by atoms with Gasteiger partial charge in [-0.1, -0.05) is 12.1 Å². The first-order valence-corrected chi connectivity index (χ1v) is 11.3. The van der Waals surface area contributed by atoms with Crippen LogP contribution in [0.1, 0.15) is 51.8 Å². The third kappa shape index (κ3) is 6.53. The van der Waals surface area contributed by atoms with Crippen molar-refractivity contribution in [3.8, 4) is 17.2 Å². The molecule has 1 aromatic heterocycles. The quantitative estimate of drug-likeness (QED) is 0.449. The van der Waals surface area contributed by atoms with Crippen molar-refractivity contribution in [3.63, 3.8) is 0 Å². The van der Waals surface area contributed by atoms with Crippen LogP contribution in [-0.2, 0) is 11.2 Å². The monoisotopic (exact) mass is 466 g/mol. The van der Waals surface area contributed by atoms with Crippen LogP contribution in [-0.4, -0.2) is 37.0 Å². The van der Waals surface area contributed by atoms with Crippen LogP contribution in [0.5, 0.6) is 17.2 Å². The van der Waals surface area contributed by atoms with Crippen LogP contribution in [0.2, 0.25) is 0 Å². The lowest BCUT2D eigenvalue weighted by Gasteiger charge is -2.25. The number of fused-ring (bicyclic) bond motifs is 1. The molecule has 0 bridgehead atoms. The van der Waals surface area contributed by atoms with Crippen LogP contribution in [0.3, 0.4) is 0 Å². The van der Waals surface area contributed by atoms with E-state index in [0.29, 0.717) is 17.9 Å². The predicted octanol–water partition coefficient (Wildman–Crippen LogP) is 5.85. The summed E-state index contributed by atoms with van der Waals surface area (Å²) in [7, 11) is 3.20. The molecule has 0 aliphatic rings. The molecule has 1 atom stereocenters. The Balaban J connectivity index is 2.05. The summed E-state index contributed by atoms with van der Waals surface area (Å²) < 4.78 is 22.4. The number of hydrogen-bond acceptors (Lipinski definition) is 6. The van der Waals surface area contributed by atoms with Gasteiger partial charge in [-0.2, -0.15) is 0 Å². The van der Waals surface area contributed by atoms with Crippen LogP contribution >= 0.6 is 0 Å². The van der Waals surface area contributed by atoms with Gasteiger partial charge < -0.3 is 24.3 Å². The van der Waals surface area contributed by atoms with Crippen LogP contribution in [0.15, 0.2) is 48.8 Å². The number of carbonyl (C=O) groups is 1. The first kappa shape index (κ1) is 25.1. The maximum atomic E-state index is 12.8. The Hall–Kier alpha value is -3.48. The molecule has 0 saturated heterocycles. The second-order valence-corrected chi connectivity index (χ2v) is 9.37. The van der Waals surface area contributed by atoms with Crippen molar-refractivity contribution in [2.24, 2.45) is 0 Å². The van der Waals surface area contributed by atoms with E-state index in [0.717, 1.165) is 27.6 Å². The number of methoxy groups -OCH3 is 2. The topological polar surface area (TPSA) is 78.9 Å². The molecule has 3 aromatic rings. The summed E-state index contributed by atoms with van der Waals surface area (Å²) in [6, 6.07) is 11.3. The summed E-state index contributed by atoms with van der Waals surface area (Å²) in [5, 5.41) is 4.83. The zero-order chi connectivity index (χ0) is 24.9. The van der Waals surface area contributed by atoms with E-state index in [2.05, 4.69) is 10.3 Å². The molecule has 2 aromatic carbocycles. The molecule has 1 amide bonds. The molecular formula is C27H34N2O5. The van der Waals surface area contributed by atoms with E-state index in [1.54, 1.807) is 26.6 Å². The number of amides is 1. The van der Waals surface area contributed by atoms with Crippen LogP contribution < -0.4 is 19.5 Å². The Kier molecular flexibility index (Phi) is 7.87. The summed E-state index contributed by atoms with van der Waals surface area (Å²) in [6.45, 7) is 9.49. The van der Waals surface area contributed by atoms with Crippen molar-refractivity contribution >= 4 is 16.9 Å². The lowest BCUT2D eigenvalue weighted by Crippen LogP contribution is -2.36. The number of aromatic nitrogens is 1. The van der Waals surface area contributed by atoms with Gasteiger partial charge in [0, 0.05) is 23.3 Å². The van der Waals surface area contributed by atoms with Crippen molar-refractivity contribution in [3.05, 3.63) is 59.9 Å². The zero-order valence-corrected chi connectivity index (χ0v) is 21.0. The highest BCUT2D eigenvalue weighted by atomic mass is 16.6. The summed E-state index contributed by atoms with van der Waals surface area (Å²) in [4.78, 5) is 17.2. The molecule has 34 heavy (non-hydrogen) atoms. The standard InChI is InChI=1S/C27H34N2O5/c1-17(2)33-20-10-8-9-18(11-20)12-23(29-26(30)34-27(3,4)5)22-16-28-15-19-13-24(31-6)25(32-7)14-21(19)22/h8-11,13-17,23H,12H2,1-7H3,(H,29,30). The molecule has 1 heterocycles. The van der Waals surface area contributed by atoms with Crippen molar-refractivity contribution in [1.29, 1.82) is 0 Å². The fourth-order valence-electron chi connectivity index (χ4n) is 3.74. The fourth-order valence-corrected chi connectivity index (χ4v) is 3.74. The number of nitrogens with zero attached hydrogens (tertiary/aromatic N) is 1. The van der Waals surface area contributed by atoms with E-state index in [1.807, 2.05) is 71.0 Å². The lowest BCUT2D eigenvalue weighted by molar-refractivity contribution is 0.0503. The number of benzene rings is 2. The molecule has 0 saturated carbocycles. The minimum atomic E-state index is -0.618. The molecule has 182 valence electrons. The number of hydrogen-bond donors (Lipinski definition) is 1. The van der Waals surface area contributed by atoms with Gasteiger partial charge in [0.15, 0.2) is 11.5 Å². The van der Waals surface area contributed by atoms with E-state index >= 15 is 0 Å². The molecule has 7 heteroatoms. The van der Waals surface area contributed by atoms with Crippen molar-refractivity contribution in [2.75, 3.05) is 14.2 Å². The average molecular weight is 467 g/mol. The van der Waals surface area contributed by atoms with Gasteiger partial charge in [-0.05, 0) is 76.3 Å². The number of ether oxygens (including phenoxy) is 4. The van der Waals surface area contributed by atoms with Gasteiger partial charge in [-0.25, -0.2) is 4.79 Å². The Labute approximate surface area is 201 Å². The van der Waals surface area contributed by atoms with E-state index in [1.165, 1.54) is 0 Å². The summed E-state index contributed by atoms with van der Waals surface area (Å²) in [5.74, 6) is 2.00. The molecule has 1 N–H and O–H groups in total. The van der Waals surface area contributed by atoms with Crippen molar-refractivity contribution < 1.29 is 23.7 Å². The molecule has 7 nitrogen and oxygen atoms in total. The number of carbonyl (C=O) groups excluding carboxylic acids is 1. The Bertz CT molecular complexity index is 1140. The molecule has 0 radical (unpaired) electrons. The van der Waals surface area contributed by atoms with Gasteiger partial charge >= 0.3 is 6.09 Å². The van der Waals surface area contributed by atoms with Gasteiger partial charge in [-0.3, -0.25) is 4.98 Å². The largest absolute Gasteiger partial charge is 0.493 e. The van der Waals surface area contributed by atoms with E-state index in [-0.39, 0.29) is 6.10 Å². The first-order valence-electron chi connectivity index (χ1n) is 11.3. The second kappa shape index (κ2) is 10.6. The summed E-state index contributed by atoms with van der Waals surface area (Å²) in [5.41, 5.74) is 1.24. The van der Waals surface area contributed by atoms with Crippen molar-refractivity contribution in [2.45, 2.75) is 58.8 Å². The maximum absolute atomic E-state index is 12.8. The molecule has 0 fully saturated rings. The zero-order valence-electron chi connectivity index (χ0n) is 21.0. The van der Waals surface area contributed by atoms with Gasteiger partial charge in [-0.15, -0.1) is 0 Å². The average Bonchev–Trinajstić information content (AvgIpc) is 2.75. The molecule has 1 unspecified atom stereocenters. The smallest absolute Gasteiger partial charge is 0.408 e. The summed E-state index contributed by atoms with van der Waals surface area (Å²) >= 11 is 0. The summed E-state index contributed by atoms with van der Waals surface area (Å²) in [6.07, 6.45) is 3.62. The minimum absolute atomic E-state index is 0.0654. The van der Waals surface area contributed by atoms with E-state index < -0.39 is 17.7 Å². The Morgan fingerprint density at radius 3 is 2.38 bits per heavy atom. The number of alkyl carbamates (subject to hydrolysis) is 1. The van der Waals surface area contributed by atoms with Crippen LogP contribution in [0, 0.1) is 0 Å². The molecular weight excluding hydrogens is 432 g/mol. The highest BCUT2D eigenvalue weighted by molar-refractivity contribution is 5.89. The maximum Gasteiger partial charge on any atom is 0.408 e. The number of pyridine rings is 1. The molecule has 0 spiro atoms. The number of nitrogens with one attached hydrogen (secondary N) is 1. The van der Waals surface area contributed by atoms with E-state index in [4.69, 9.17) is 18.9 Å². The third-order valence-electron chi connectivity index (χ3n) is 5.07. The van der Waals surface area contributed by atoms with Crippen LogP contribution in [0.25, 0.3) is 10.8 Å². The van der Waals surface area contributed by atoms with Gasteiger partial charge in [0.25, 0.3) is 0 Å². The second-order valence-electron chi connectivity index (χ2n) is 9.37. The SMILES string of the molecule is COc1cc2cncc(C(Cc3cccc(OC(C)C)c3)NC(=O)OC(C)(C)C)c2cc1OC. The van der Waals surface area contributed by atoms with Crippen molar-refractivity contribution in [1.82, 2.24) is 10.3 Å². The highest BCUT2D eigenvalue weighted by Crippen LogP contribution is 2.35. The van der Waals surface area contributed by atoms with Gasteiger partial charge in [0.2, 0.25) is 0 Å². The van der Waals surface area contributed by atoms with Gasteiger partial charge in [0.05, 0.1) is 26.4 Å². The highest BCUT2D eigenvalue weighted by Gasteiger charge is 2.23. The first-order chi connectivity index (χ1) is 16.1.